The molecule has 1 aliphatic rings. The highest BCUT2D eigenvalue weighted by Crippen LogP contribution is 2.28. The van der Waals surface area contributed by atoms with Gasteiger partial charge in [-0.2, -0.15) is 0 Å². The molecule has 0 aliphatic heterocycles. The SMILES string of the molecule is CC1=CC=C(c2ccc(Nc3ccc(C)cc3)cc2)CC1. The maximum absolute atomic E-state index is 3.44. The molecular weight excluding hydrogens is 254 g/mol. The van der Waals surface area contributed by atoms with Gasteiger partial charge in [0.05, 0.1) is 0 Å². The average Bonchev–Trinajstić information content (AvgIpc) is 2.51. The zero-order valence-corrected chi connectivity index (χ0v) is 12.7. The van der Waals surface area contributed by atoms with Crippen LogP contribution in [0.1, 0.15) is 30.9 Å². The van der Waals surface area contributed by atoms with Gasteiger partial charge in [0.1, 0.15) is 0 Å². The van der Waals surface area contributed by atoms with Crippen molar-refractivity contribution >= 4 is 16.9 Å². The third-order valence-electron chi connectivity index (χ3n) is 3.95. The van der Waals surface area contributed by atoms with Crippen LogP contribution >= 0.6 is 0 Å². The predicted octanol–water partition coefficient (Wildman–Crippen LogP) is 5.86. The van der Waals surface area contributed by atoms with E-state index in [4.69, 9.17) is 0 Å². The van der Waals surface area contributed by atoms with E-state index in [9.17, 15) is 0 Å². The predicted molar refractivity (Wildman–Crippen MR) is 91.9 cm³/mol. The lowest BCUT2D eigenvalue weighted by molar-refractivity contribution is 0.977. The summed E-state index contributed by atoms with van der Waals surface area (Å²) in [6.07, 6.45) is 6.81. The van der Waals surface area contributed by atoms with Gasteiger partial charge >= 0.3 is 0 Å². The third kappa shape index (κ3) is 3.43. The molecular formula is C20H21N. The molecule has 106 valence electrons. The molecule has 0 amide bonds. The summed E-state index contributed by atoms with van der Waals surface area (Å²) >= 11 is 0. The Hall–Kier alpha value is -2.28. The minimum atomic E-state index is 1.13. The number of allylic oxidation sites excluding steroid dienone is 4. The molecule has 2 aromatic carbocycles. The summed E-state index contributed by atoms with van der Waals surface area (Å²) in [5.41, 5.74) is 7.77. The van der Waals surface area contributed by atoms with Gasteiger partial charge < -0.3 is 5.32 Å². The van der Waals surface area contributed by atoms with E-state index in [-0.39, 0.29) is 0 Å². The summed E-state index contributed by atoms with van der Waals surface area (Å²) in [4.78, 5) is 0. The number of hydrogen-bond acceptors (Lipinski definition) is 1. The number of hydrogen-bond donors (Lipinski definition) is 1. The van der Waals surface area contributed by atoms with Crippen molar-refractivity contribution in [3.8, 4) is 0 Å². The highest BCUT2D eigenvalue weighted by Gasteiger charge is 2.05. The molecule has 1 aliphatic carbocycles. The highest BCUT2D eigenvalue weighted by molar-refractivity contribution is 5.71. The first-order chi connectivity index (χ1) is 10.2. The van der Waals surface area contributed by atoms with Crippen molar-refractivity contribution < 1.29 is 0 Å². The Balaban J connectivity index is 1.74. The van der Waals surface area contributed by atoms with Crippen LogP contribution in [-0.4, -0.2) is 0 Å². The van der Waals surface area contributed by atoms with Gasteiger partial charge in [0.2, 0.25) is 0 Å². The normalized spacial score (nSPS) is 14.4. The van der Waals surface area contributed by atoms with E-state index in [1.54, 1.807) is 0 Å². The van der Waals surface area contributed by atoms with E-state index in [2.05, 4.69) is 79.8 Å². The molecule has 0 fully saturated rings. The Morgan fingerprint density at radius 2 is 1.33 bits per heavy atom. The average molecular weight is 275 g/mol. The third-order valence-corrected chi connectivity index (χ3v) is 3.95. The van der Waals surface area contributed by atoms with Crippen LogP contribution in [0.3, 0.4) is 0 Å². The lowest BCUT2D eigenvalue weighted by atomic mass is 9.94. The molecule has 0 unspecified atom stereocenters. The number of nitrogens with one attached hydrogen (secondary N) is 1. The van der Waals surface area contributed by atoms with E-state index in [0.29, 0.717) is 0 Å². The van der Waals surface area contributed by atoms with Gasteiger partial charge in [0.15, 0.2) is 0 Å². The Morgan fingerprint density at radius 3 is 1.90 bits per heavy atom. The monoisotopic (exact) mass is 275 g/mol. The molecule has 3 rings (SSSR count). The topological polar surface area (TPSA) is 12.0 Å². The van der Waals surface area contributed by atoms with Crippen LogP contribution in [0.15, 0.2) is 66.3 Å². The van der Waals surface area contributed by atoms with Crippen molar-refractivity contribution in [3.63, 3.8) is 0 Å². The smallest absolute Gasteiger partial charge is 0.0384 e. The summed E-state index contributed by atoms with van der Waals surface area (Å²) in [7, 11) is 0. The number of anilines is 2. The summed E-state index contributed by atoms with van der Waals surface area (Å²) < 4.78 is 0. The van der Waals surface area contributed by atoms with Gasteiger partial charge in [-0.3, -0.25) is 0 Å². The second kappa shape index (κ2) is 6.01. The lowest BCUT2D eigenvalue weighted by Crippen LogP contribution is -1.93. The Kier molecular flexibility index (Phi) is 3.92. The van der Waals surface area contributed by atoms with Gasteiger partial charge in [-0.05, 0) is 62.1 Å². The van der Waals surface area contributed by atoms with Gasteiger partial charge in [0, 0.05) is 11.4 Å². The quantitative estimate of drug-likeness (QED) is 0.739. The molecule has 21 heavy (non-hydrogen) atoms. The molecule has 0 aromatic heterocycles. The van der Waals surface area contributed by atoms with Crippen LogP contribution in [-0.2, 0) is 0 Å². The van der Waals surface area contributed by atoms with Crippen LogP contribution in [0.4, 0.5) is 11.4 Å². The first kappa shape index (κ1) is 13.7. The Bertz CT molecular complexity index is 673. The molecule has 0 spiro atoms. The summed E-state index contributed by atoms with van der Waals surface area (Å²) in [5.74, 6) is 0. The first-order valence-corrected chi connectivity index (χ1v) is 7.51. The molecule has 0 heterocycles. The van der Waals surface area contributed by atoms with Gasteiger partial charge in [-0.25, -0.2) is 0 Å². The molecule has 1 heteroatoms. The highest BCUT2D eigenvalue weighted by atomic mass is 14.9. The summed E-state index contributed by atoms with van der Waals surface area (Å²) in [6, 6.07) is 17.2. The summed E-state index contributed by atoms with van der Waals surface area (Å²) in [5, 5.41) is 3.44. The molecule has 1 nitrogen and oxygen atoms in total. The fourth-order valence-electron chi connectivity index (χ4n) is 2.55. The zero-order valence-electron chi connectivity index (χ0n) is 12.7. The first-order valence-electron chi connectivity index (χ1n) is 7.51. The Morgan fingerprint density at radius 1 is 0.714 bits per heavy atom. The molecule has 0 saturated carbocycles. The van der Waals surface area contributed by atoms with Crippen molar-refractivity contribution in [2.45, 2.75) is 26.7 Å². The number of aryl methyl sites for hydroxylation is 1. The van der Waals surface area contributed by atoms with Crippen LogP contribution in [0.2, 0.25) is 0 Å². The van der Waals surface area contributed by atoms with Crippen molar-refractivity contribution in [1.82, 2.24) is 0 Å². The molecule has 2 aromatic rings. The van der Waals surface area contributed by atoms with Crippen molar-refractivity contribution in [3.05, 3.63) is 77.4 Å². The van der Waals surface area contributed by atoms with Crippen molar-refractivity contribution in [2.75, 3.05) is 5.32 Å². The lowest BCUT2D eigenvalue weighted by Gasteiger charge is -2.13. The van der Waals surface area contributed by atoms with Crippen molar-refractivity contribution in [2.24, 2.45) is 0 Å². The van der Waals surface area contributed by atoms with Gasteiger partial charge in [-0.15, -0.1) is 0 Å². The van der Waals surface area contributed by atoms with E-state index >= 15 is 0 Å². The minimum absolute atomic E-state index is 1.13. The van der Waals surface area contributed by atoms with E-state index < -0.39 is 0 Å². The zero-order chi connectivity index (χ0) is 14.7. The second-order valence-electron chi connectivity index (χ2n) is 5.77. The number of benzene rings is 2. The van der Waals surface area contributed by atoms with E-state index in [0.717, 1.165) is 17.8 Å². The maximum atomic E-state index is 3.44. The van der Waals surface area contributed by atoms with Crippen LogP contribution < -0.4 is 5.32 Å². The molecule has 0 radical (unpaired) electrons. The number of rotatable bonds is 3. The Labute approximate surface area is 127 Å². The van der Waals surface area contributed by atoms with E-state index in [1.807, 2.05) is 0 Å². The van der Waals surface area contributed by atoms with Crippen molar-refractivity contribution in [1.29, 1.82) is 0 Å². The molecule has 0 saturated heterocycles. The maximum Gasteiger partial charge on any atom is 0.0384 e. The fraction of sp³-hybridized carbons (Fsp3) is 0.200. The van der Waals surface area contributed by atoms with Gasteiger partial charge in [0.25, 0.3) is 0 Å². The van der Waals surface area contributed by atoms with Crippen LogP contribution in [0, 0.1) is 6.92 Å². The minimum Gasteiger partial charge on any atom is -0.356 e. The standard InChI is InChI=1S/C20H21N/c1-15-3-7-17(8-4-15)18-9-13-20(14-10-18)21-19-11-5-16(2)6-12-19/h3,5-7,9-14,21H,4,8H2,1-2H3. The second-order valence-corrected chi connectivity index (χ2v) is 5.77. The molecule has 1 N–H and O–H groups in total. The largest absolute Gasteiger partial charge is 0.356 e. The van der Waals surface area contributed by atoms with E-state index in [1.165, 1.54) is 28.7 Å². The van der Waals surface area contributed by atoms with Crippen LogP contribution in [0.5, 0.6) is 0 Å². The summed E-state index contributed by atoms with van der Waals surface area (Å²) in [6.45, 7) is 4.30. The molecule has 0 bridgehead atoms. The van der Waals surface area contributed by atoms with Gasteiger partial charge in [-0.1, -0.05) is 47.6 Å². The van der Waals surface area contributed by atoms with Crippen LogP contribution in [0.25, 0.3) is 5.57 Å². The molecule has 0 atom stereocenters. The fourth-order valence-corrected chi connectivity index (χ4v) is 2.55.